The zero-order valence-corrected chi connectivity index (χ0v) is 17.9. The fraction of sp³-hybridized carbons (Fsp3) is 0.231. The van der Waals surface area contributed by atoms with Gasteiger partial charge in [-0.15, -0.1) is 0 Å². The zero-order chi connectivity index (χ0) is 21.3. The Kier molecular flexibility index (Phi) is 7.81. The first-order valence-corrected chi connectivity index (χ1v) is 10.5. The molecule has 3 rings (SSSR count). The Bertz CT molecular complexity index is 895. The minimum atomic E-state index is 0.00993. The summed E-state index contributed by atoms with van der Waals surface area (Å²) < 4.78 is 0. The van der Waals surface area contributed by atoms with Crippen molar-refractivity contribution >= 4 is 23.3 Å². The van der Waals surface area contributed by atoms with Crippen LogP contribution in [0.15, 0.2) is 72.8 Å². The van der Waals surface area contributed by atoms with E-state index in [2.05, 4.69) is 5.32 Å². The molecule has 0 radical (unpaired) electrons. The van der Waals surface area contributed by atoms with E-state index >= 15 is 0 Å². The normalized spacial score (nSPS) is 10.6. The highest BCUT2D eigenvalue weighted by Gasteiger charge is 2.06. The van der Waals surface area contributed by atoms with Crippen molar-refractivity contribution in [1.82, 2.24) is 5.32 Å². The van der Waals surface area contributed by atoms with Gasteiger partial charge in [0.05, 0.1) is 6.42 Å². The Morgan fingerprint density at radius 3 is 1.93 bits per heavy atom. The lowest BCUT2D eigenvalue weighted by molar-refractivity contribution is -0.120. The number of aryl methyl sites for hydroxylation is 2. The van der Waals surface area contributed by atoms with E-state index in [0.29, 0.717) is 37.3 Å². The van der Waals surface area contributed by atoms with Gasteiger partial charge in [-0.3, -0.25) is 9.59 Å². The molecule has 0 aliphatic rings. The van der Waals surface area contributed by atoms with Gasteiger partial charge >= 0.3 is 0 Å². The van der Waals surface area contributed by atoms with E-state index in [-0.39, 0.29) is 11.7 Å². The number of ketones is 1. The Morgan fingerprint density at radius 2 is 1.27 bits per heavy atom. The number of rotatable bonds is 9. The number of Topliss-reactive ketones (excluding diaryl/α,β-unsaturated/α-hetero) is 1. The molecule has 1 N–H and O–H groups in total. The number of carbonyl (C=O) groups excluding carboxylic acids is 2. The molecular formula is C26H26ClNO2. The lowest BCUT2D eigenvalue weighted by Gasteiger charge is -2.07. The highest BCUT2D eigenvalue weighted by molar-refractivity contribution is 6.30. The van der Waals surface area contributed by atoms with Gasteiger partial charge in [0.2, 0.25) is 5.91 Å². The minimum Gasteiger partial charge on any atom is -0.352 e. The van der Waals surface area contributed by atoms with E-state index < -0.39 is 0 Å². The summed E-state index contributed by atoms with van der Waals surface area (Å²) in [5.41, 5.74) is 5.35. The van der Waals surface area contributed by atoms with Crippen molar-refractivity contribution in [3.8, 4) is 0 Å². The minimum absolute atomic E-state index is 0.00993. The van der Waals surface area contributed by atoms with E-state index in [9.17, 15) is 9.59 Å². The van der Waals surface area contributed by atoms with Crippen LogP contribution in [-0.4, -0.2) is 11.7 Å². The highest BCUT2D eigenvalue weighted by atomic mass is 35.5. The van der Waals surface area contributed by atoms with E-state index in [4.69, 9.17) is 11.6 Å². The standard InChI is InChI=1S/C26H26ClNO2/c1-19-2-4-22(5-3-19)17-26(30)28-18-23-8-6-20(7-9-23)12-15-25(29)16-21-10-13-24(27)14-11-21/h2-11,13-14H,12,15-18H2,1H3,(H,28,30). The summed E-state index contributed by atoms with van der Waals surface area (Å²) in [7, 11) is 0. The molecule has 0 saturated carbocycles. The number of hydrogen-bond donors (Lipinski definition) is 1. The molecular weight excluding hydrogens is 394 g/mol. The van der Waals surface area contributed by atoms with Crippen LogP contribution >= 0.6 is 11.6 Å². The highest BCUT2D eigenvalue weighted by Crippen LogP contribution is 2.12. The van der Waals surface area contributed by atoms with Crippen molar-refractivity contribution in [2.75, 3.05) is 0 Å². The molecule has 0 aliphatic heterocycles. The monoisotopic (exact) mass is 419 g/mol. The molecule has 1 amide bonds. The molecule has 0 bridgehead atoms. The molecule has 3 aromatic carbocycles. The van der Waals surface area contributed by atoms with Crippen LogP contribution in [0.3, 0.4) is 0 Å². The lowest BCUT2D eigenvalue weighted by Crippen LogP contribution is -2.24. The van der Waals surface area contributed by atoms with Crippen molar-refractivity contribution in [2.45, 2.75) is 39.2 Å². The molecule has 154 valence electrons. The molecule has 0 atom stereocenters. The molecule has 0 aromatic heterocycles. The average Bonchev–Trinajstić information content (AvgIpc) is 2.75. The molecule has 0 aliphatic carbocycles. The van der Waals surface area contributed by atoms with Crippen molar-refractivity contribution in [2.24, 2.45) is 0 Å². The maximum absolute atomic E-state index is 12.2. The predicted octanol–water partition coefficient (Wildman–Crippen LogP) is 5.25. The SMILES string of the molecule is Cc1ccc(CC(=O)NCc2ccc(CCC(=O)Cc3ccc(Cl)cc3)cc2)cc1. The Morgan fingerprint density at radius 1 is 0.733 bits per heavy atom. The number of amides is 1. The third kappa shape index (κ3) is 7.16. The molecule has 3 aromatic rings. The lowest BCUT2D eigenvalue weighted by atomic mass is 10.0. The molecule has 30 heavy (non-hydrogen) atoms. The maximum atomic E-state index is 12.2. The number of hydrogen-bond acceptors (Lipinski definition) is 2. The van der Waals surface area contributed by atoms with Crippen LogP contribution in [0.25, 0.3) is 0 Å². The second-order valence-corrected chi connectivity index (χ2v) is 8.03. The topological polar surface area (TPSA) is 46.2 Å². The fourth-order valence-corrected chi connectivity index (χ4v) is 3.31. The fourth-order valence-electron chi connectivity index (χ4n) is 3.18. The number of nitrogens with one attached hydrogen (secondary N) is 1. The van der Waals surface area contributed by atoms with Gasteiger partial charge < -0.3 is 5.32 Å². The third-order valence-electron chi connectivity index (χ3n) is 5.01. The summed E-state index contributed by atoms with van der Waals surface area (Å²) in [4.78, 5) is 24.3. The first-order valence-electron chi connectivity index (χ1n) is 10.1. The zero-order valence-electron chi connectivity index (χ0n) is 17.2. The molecule has 0 heterocycles. The molecule has 0 spiro atoms. The summed E-state index contributed by atoms with van der Waals surface area (Å²) in [5, 5.41) is 3.64. The number of benzene rings is 3. The predicted molar refractivity (Wildman–Crippen MR) is 122 cm³/mol. The van der Waals surface area contributed by atoms with E-state index in [1.54, 1.807) is 0 Å². The molecule has 0 unspecified atom stereocenters. The quantitative estimate of drug-likeness (QED) is 0.514. The third-order valence-corrected chi connectivity index (χ3v) is 5.26. The van der Waals surface area contributed by atoms with Crippen LogP contribution in [0.2, 0.25) is 5.02 Å². The van der Waals surface area contributed by atoms with E-state index in [1.165, 1.54) is 5.56 Å². The first kappa shape index (κ1) is 21.8. The second kappa shape index (κ2) is 10.7. The van der Waals surface area contributed by atoms with Crippen LogP contribution < -0.4 is 5.32 Å². The van der Waals surface area contributed by atoms with Gasteiger partial charge in [0.25, 0.3) is 0 Å². The van der Waals surface area contributed by atoms with Crippen molar-refractivity contribution in [3.63, 3.8) is 0 Å². The first-order chi connectivity index (χ1) is 14.5. The Hall–Kier alpha value is -2.91. The van der Waals surface area contributed by atoms with Gasteiger partial charge in [-0.25, -0.2) is 0 Å². The van der Waals surface area contributed by atoms with Gasteiger partial charge in [-0.1, -0.05) is 77.8 Å². The smallest absolute Gasteiger partial charge is 0.224 e. The largest absolute Gasteiger partial charge is 0.352 e. The van der Waals surface area contributed by atoms with Crippen LogP contribution in [0.4, 0.5) is 0 Å². The summed E-state index contributed by atoms with van der Waals surface area (Å²) in [6, 6.07) is 23.5. The van der Waals surface area contributed by atoms with Gasteiger partial charge in [0.15, 0.2) is 0 Å². The number of carbonyl (C=O) groups is 2. The van der Waals surface area contributed by atoms with E-state index in [0.717, 1.165) is 22.3 Å². The summed E-state index contributed by atoms with van der Waals surface area (Å²) >= 11 is 5.88. The maximum Gasteiger partial charge on any atom is 0.224 e. The summed E-state index contributed by atoms with van der Waals surface area (Å²) in [6.07, 6.45) is 2.04. The van der Waals surface area contributed by atoms with Crippen LogP contribution in [0, 0.1) is 6.92 Å². The van der Waals surface area contributed by atoms with Crippen LogP contribution in [0.5, 0.6) is 0 Å². The molecule has 4 heteroatoms. The van der Waals surface area contributed by atoms with Crippen LogP contribution in [0.1, 0.15) is 34.2 Å². The number of halogens is 1. The van der Waals surface area contributed by atoms with Crippen molar-refractivity contribution in [3.05, 3.63) is 106 Å². The van der Waals surface area contributed by atoms with E-state index in [1.807, 2.05) is 79.7 Å². The second-order valence-electron chi connectivity index (χ2n) is 7.60. The van der Waals surface area contributed by atoms with Crippen molar-refractivity contribution < 1.29 is 9.59 Å². The Balaban J connectivity index is 1.40. The van der Waals surface area contributed by atoms with Crippen molar-refractivity contribution in [1.29, 1.82) is 0 Å². The Labute approximate surface area is 183 Å². The molecule has 0 saturated heterocycles. The molecule has 0 fully saturated rings. The summed E-state index contributed by atoms with van der Waals surface area (Å²) in [5.74, 6) is 0.223. The van der Waals surface area contributed by atoms with Gasteiger partial charge in [0.1, 0.15) is 5.78 Å². The van der Waals surface area contributed by atoms with Gasteiger partial charge in [-0.05, 0) is 47.7 Å². The van der Waals surface area contributed by atoms with Gasteiger partial charge in [0, 0.05) is 24.4 Å². The van der Waals surface area contributed by atoms with Gasteiger partial charge in [-0.2, -0.15) is 0 Å². The molecule has 3 nitrogen and oxygen atoms in total. The average molecular weight is 420 g/mol. The van der Waals surface area contributed by atoms with Crippen LogP contribution in [-0.2, 0) is 35.4 Å². The summed E-state index contributed by atoms with van der Waals surface area (Å²) in [6.45, 7) is 2.53.